The van der Waals surface area contributed by atoms with Crippen molar-refractivity contribution in [3.8, 4) is 17.2 Å². The normalized spacial score (nSPS) is 13.1. The molecular formula is C17H14N4O6S. The number of nitrogens with one attached hydrogen (secondary N) is 1. The molecule has 11 heteroatoms. The molecule has 1 aliphatic rings. The molecule has 2 heterocycles. The molecule has 2 N–H and O–H groups in total. The highest BCUT2D eigenvalue weighted by molar-refractivity contribution is 7.92. The van der Waals surface area contributed by atoms with Crippen LogP contribution in [0.15, 0.2) is 53.6 Å². The van der Waals surface area contributed by atoms with Gasteiger partial charge in [0, 0.05) is 6.07 Å². The molecule has 0 spiro atoms. The molecule has 0 saturated heterocycles. The molecule has 0 saturated carbocycles. The number of rotatable bonds is 5. The third kappa shape index (κ3) is 3.34. The van der Waals surface area contributed by atoms with Crippen LogP contribution in [0.4, 0.5) is 5.82 Å². The number of anilines is 1. The fourth-order valence-electron chi connectivity index (χ4n) is 2.63. The lowest BCUT2D eigenvalue weighted by molar-refractivity contribution is 0.0685. The second-order valence-corrected chi connectivity index (χ2v) is 7.44. The number of para-hydroxylation sites is 1. The van der Waals surface area contributed by atoms with E-state index in [1.807, 2.05) is 6.07 Å². The Bertz CT molecular complexity index is 1140. The van der Waals surface area contributed by atoms with Crippen molar-refractivity contribution in [3.63, 3.8) is 0 Å². The number of carboxylic acids is 1. The van der Waals surface area contributed by atoms with Crippen LogP contribution in [-0.2, 0) is 10.0 Å². The van der Waals surface area contributed by atoms with Gasteiger partial charge in [-0.05, 0) is 18.2 Å². The molecule has 1 aliphatic heterocycles. The molecule has 4 rings (SSSR count). The van der Waals surface area contributed by atoms with Crippen molar-refractivity contribution in [2.24, 2.45) is 0 Å². The lowest BCUT2D eigenvalue weighted by atomic mass is 10.2. The first kappa shape index (κ1) is 17.8. The van der Waals surface area contributed by atoms with Crippen LogP contribution in [0.25, 0.3) is 5.69 Å². The lowest BCUT2D eigenvalue weighted by Crippen LogP contribution is -2.20. The summed E-state index contributed by atoms with van der Waals surface area (Å²) in [5, 5.41) is 17.5. The maximum absolute atomic E-state index is 12.7. The first-order valence-corrected chi connectivity index (χ1v) is 9.60. The summed E-state index contributed by atoms with van der Waals surface area (Å²) < 4.78 is 38.4. The summed E-state index contributed by atoms with van der Waals surface area (Å²) in [6, 6.07) is 11.2. The number of hydrogen-bond donors (Lipinski definition) is 2. The number of sulfonamides is 1. The van der Waals surface area contributed by atoms with E-state index in [-0.39, 0.29) is 41.0 Å². The Labute approximate surface area is 159 Å². The van der Waals surface area contributed by atoms with Crippen molar-refractivity contribution in [2.75, 3.05) is 17.9 Å². The number of carbonyl (C=O) groups is 1. The van der Waals surface area contributed by atoms with E-state index < -0.39 is 16.0 Å². The van der Waals surface area contributed by atoms with Crippen molar-refractivity contribution < 1.29 is 27.8 Å². The highest BCUT2D eigenvalue weighted by Crippen LogP contribution is 2.36. The van der Waals surface area contributed by atoms with Crippen LogP contribution in [0, 0.1) is 0 Å². The molecule has 28 heavy (non-hydrogen) atoms. The van der Waals surface area contributed by atoms with Gasteiger partial charge in [-0.1, -0.05) is 18.2 Å². The van der Waals surface area contributed by atoms with E-state index in [0.717, 1.165) is 6.07 Å². The number of aromatic carboxylic acids is 1. The Hall–Kier alpha value is -3.60. The van der Waals surface area contributed by atoms with Gasteiger partial charge in [0.2, 0.25) is 0 Å². The Kier molecular flexibility index (Phi) is 4.35. The van der Waals surface area contributed by atoms with Crippen LogP contribution in [0.5, 0.6) is 11.5 Å². The Morgan fingerprint density at radius 1 is 1.14 bits per heavy atom. The molecule has 0 fully saturated rings. The van der Waals surface area contributed by atoms with Crippen LogP contribution in [0.3, 0.4) is 0 Å². The summed E-state index contributed by atoms with van der Waals surface area (Å²) in [6.45, 7) is 0.370. The largest absolute Gasteiger partial charge is 0.486 e. The zero-order valence-corrected chi connectivity index (χ0v) is 15.1. The Morgan fingerprint density at radius 3 is 2.64 bits per heavy atom. The zero-order valence-electron chi connectivity index (χ0n) is 14.3. The van der Waals surface area contributed by atoms with E-state index in [4.69, 9.17) is 9.47 Å². The second kappa shape index (κ2) is 6.85. The molecule has 0 radical (unpaired) electrons. The topological polar surface area (TPSA) is 133 Å². The Balaban J connectivity index is 1.67. The molecule has 1 aromatic heterocycles. The Morgan fingerprint density at radius 2 is 1.89 bits per heavy atom. The summed E-state index contributed by atoms with van der Waals surface area (Å²) in [5.41, 5.74) is 0.353. The minimum absolute atomic E-state index is 0.00715. The smallest absolute Gasteiger partial charge is 0.339 e. The van der Waals surface area contributed by atoms with Crippen molar-refractivity contribution in [1.29, 1.82) is 0 Å². The molecule has 0 aliphatic carbocycles. The summed E-state index contributed by atoms with van der Waals surface area (Å²) in [4.78, 5) is 12.5. The monoisotopic (exact) mass is 402 g/mol. The molecule has 2 aromatic carbocycles. The third-order valence-electron chi connectivity index (χ3n) is 3.87. The summed E-state index contributed by atoms with van der Waals surface area (Å²) in [7, 11) is -4.14. The highest BCUT2D eigenvalue weighted by Gasteiger charge is 2.26. The minimum atomic E-state index is -4.14. The van der Waals surface area contributed by atoms with Gasteiger partial charge >= 0.3 is 5.97 Å². The average molecular weight is 402 g/mol. The summed E-state index contributed by atoms with van der Waals surface area (Å²) >= 11 is 0. The third-order valence-corrected chi connectivity index (χ3v) is 5.21. The van der Waals surface area contributed by atoms with Gasteiger partial charge in [-0.25, -0.2) is 13.2 Å². The van der Waals surface area contributed by atoms with Crippen LogP contribution in [0.1, 0.15) is 10.4 Å². The predicted octanol–water partition coefficient (Wildman–Crippen LogP) is 1.54. The molecule has 0 atom stereocenters. The first-order valence-electron chi connectivity index (χ1n) is 8.11. The van der Waals surface area contributed by atoms with Crippen molar-refractivity contribution in [2.45, 2.75) is 4.90 Å². The quantitative estimate of drug-likeness (QED) is 0.657. The standard InChI is InChI=1S/C17H14N4O6S/c22-17(23)13-8-12(9-14-16(13)27-7-6-26-14)28(24,25)20-15-10-18-21(19-15)11-4-2-1-3-5-11/h1-5,8-10H,6-7H2,(H,19,20)(H,22,23). The number of carboxylic acid groups (broad SMARTS) is 1. The first-order chi connectivity index (χ1) is 13.4. The number of hydrogen-bond acceptors (Lipinski definition) is 7. The number of benzene rings is 2. The number of ether oxygens (including phenoxy) is 2. The zero-order chi connectivity index (χ0) is 19.7. The predicted molar refractivity (Wildman–Crippen MR) is 96.6 cm³/mol. The van der Waals surface area contributed by atoms with Crippen LogP contribution in [0.2, 0.25) is 0 Å². The fourth-order valence-corrected chi connectivity index (χ4v) is 3.66. The van der Waals surface area contributed by atoms with Crippen LogP contribution in [-0.4, -0.2) is 47.7 Å². The van der Waals surface area contributed by atoms with Gasteiger partial charge in [0.25, 0.3) is 10.0 Å². The number of aromatic nitrogens is 3. The van der Waals surface area contributed by atoms with E-state index in [9.17, 15) is 18.3 Å². The number of fused-ring (bicyclic) bond motifs is 1. The van der Waals surface area contributed by atoms with E-state index >= 15 is 0 Å². The molecular weight excluding hydrogens is 388 g/mol. The van der Waals surface area contributed by atoms with Crippen molar-refractivity contribution in [1.82, 2.24) is 15.0 Å². The van der Waals surface area contributed by atoms with Gasteiger partial charge in [-0.15, -0.1) is 9.90 Å². The van der Waals surface area contributed by atoms with E-state index in [1.54, 1.807) is 24.3 Å². The van der Waals surface area contributed by atoms with Crippen molar-refractivity contribution in [3.05, 3.63) is 54.2 Å². The summed E-state index contributed by atoms with van der Waals surface area (Å²) in [6.07, 6.45) is 1.25. The summed E-state index contributed by atoms with van der Waals surface area (Å²) in [5.74, 6) is -1.28. The number of nitrogens with zero attached hydrogens (tertiary/aromatic N) is 3. The fraction of sp³-hybridized carbons (Fsp3) is 0.118. The molecule has 0 bridgehead atoms. The molecule has 0 amide bonds. The minimum Gasteiger partial charge on any atom is -0.486 e. The van der Waals surface area contributed by atoms with E-state index in [1.165, 1.54) is 17.1 Å². The maximum Gasteiger partial charge on any atom is 0.339 e. The van der Waals surface area contributed by atoms with E-state index in [0.29, 0.717) is 5.69 Å². The van der Waals surface area contributed by atoms with Crippen LogP contribution >= 0.6 is 0 Å². The molecule has 144 valence electrons. The van der Waals surface area contributed by atoms with Gasteiger partial charge in [-0.2, -0.15) is 5.10 Å². The molecule has 3 aromatic rings. The van der Waals surface area contributed by atoms with Gasteiger partial charge in [-0.3, -0.25) is 4.72 Å². The van der Waals surface area contributed by atoms with Gasteiger partial charge < -0.3 is 14.6 Å². The highest BCUT2D eigenvalue weighted by atomic mass is 32.2. The SMILES string of the molecule is O=C(O)c1cc(S(=O)(=O)Nc2cnn(-c3ccccc3)n2)cc2c1OCCO2. The van der Waals surface area contributed by atoms with Crippen molar-refractivity contribution >= 4 is 21.8 Å². The second-order valence-electron chi connectivity index (χ2n) is 5.76. The average Bonchev–Trinajstić information content (AvgIpc) is 3.15. The molecule has 10 nitrogen and oxygen atoms in total. The lowest BCUT2D eigenvalue weighted by Gasteiger charge is -2.20. The van der Waals surface area contributed by atoms with Gasteiger partial charge in [0.15, 0.2) is 17.3 Å². The van der Waals surface area contributed by atoms with Gasteiger partial charge in [0.05, 0.1) is 16.8 Å². The molecule has 0 unspecified atom stereocenters. The van der Waals surface area contributed by atoms with Crippen LogP contribution < -0.4 is 14.2 Å². The van der Waals surface area contributed by atoms with Gasteiger partial charge in [0.1, 0.15) is 18.8 Å². The van der Waals surface area contributed by atoms with E-state index in [2.05, 4.69) is 14.9 Å². The maximum atomic E-state index is 12.7.